The van der Waals surface area contributed by atoms with E-state index in [9.17, 15) is 20.0 Å². The summed E-state index contributed by atoms with van der Waals surface area (Å²) in [6.07, 6.45) is 0.481. The van der Waals surface area contributed by atoms with Gasteiger partial charge in [0.1, 0.15) is 5.69 Å². The van der Waals surface area contributed by atoms with Gasteiger partial charge in [-0.3, -0.25) is 10.1 Å². The Morgan fingerprint density at radius 3 is 2.58 bits per heavy atom. The minimum atomic E-state index is -1.26. The summed E-state index contributed by atoms with van der Waals surface area (Å²) >= 11 is 0. The quantitative estimate of drug-likeness (QED) is 0.536. The predicted octanol–water partition coefficient (Wildman–Crippen LogP) is 1.87. The molecule has 3 N–H and O–H groups in total. The molecule has 1 aromatic rings. The van der Waals surface area contributed by atoms with Crippen LogP contribution in [0.2, 0.25) is 0 Å². The molecule has 7 heteroatoms. The van der Waals surface area contributed by atoms with Crippen LogP contribution >= 0.6 is 0 Å². The Kier molecular flexibility index (Phi) is 4.44. The maximum absolute atomic E-state index is 11.1. The molecule has 0 aliphatic rings. The topological polar surface area (TPSA) is 113 Å². The number of hydrogen-bond donors (Lipinski definition) is 3. The van der Waals surface area contributed by atoms with Crippen LogP contribution in [-0.4, -0.2) is 33.3 Å². The van der Waals surface area contributed by atoms with Gasteiger partial charge in [-0.2, -0.15) is 0 Å². The summed E-state index contributed by atoms with van der Waals surface area (Å²) in [4.78, 5) is 21.5. The molecule has 0 amide bonds. The second-order valence-corrected chi connectivity index (χ2v) is 4.46. The molecule has 0 saturated carbocycles. The van der Waals surface area contributed by atoms with Crippen molar-refractivity contribution in [2.45, 2.75) is 25.8 Å². The van der Waals surface area contributed by atoms with E-state index in [2.05, 4.69) is 5.32 Å². The normalized spacial score (nSPS) is 13.6. The van der Waals surface area contributed by atoms with Crippen LogP contribution in [0.15, 0.2) is 18.2 Å². The number of aliphatic hydroxyl groups is 1. The van der Waals surface area contributed by atoms with E-state index < -0.39 is 16.4 Å². The highest BCUT2D eigenvalue weighted by Gasteiger charge is 2.28. The Balaban J connectivity index is 3.37. The molecule has 0 aliphatic heterocycles. The maximum Gasteiger partial charge on any atom is 0.338 e. The van der Waals surface area contributed by atoms with Gasteiger partial charge >= 0.3 is 5.97 Å². The first-order valence-electron chi connectivity index (χ1n) is 5.74. The standard InChI is InChI=1S/C12H16N2O5/c1-3-12(2,7-15)13-10-8(11(16)17)5-4-6-9(10)14(18)19/h4-6,13,15H,3,7H2,1-2H3,(H,16,17). The summed E-state index contributed by atoms with van der Waals surface area (Å²) in [6.45, 7) is 3.18. The number of carboxylic acids is 1. The van der Waals surface area contributed by atoms with Crippen LogP contribution in [0.4, 0.5) is 11.4 Å². The Labute approximate surface area is 110 Å². The number of hydrogen-bond acceptors (Lipinski definition) is 5. The molecule has 1 unspecified atom stereocenters. The average molecular weight is 268 g/mol. The fraction of sp³-hybridized carbons (Fsp3) is 0.417. The number of rotatable bonds is 6. The first kappa shape index (κ1) is 14.9. The van der Waals surface area contributed by atoms with Gasteiger partial charge in [0.25, 0.3) is 5.69 Å². The summed E-state index contributed by atoms with van der Waals surface area (Å²) in [5.74, 6) is -1.26. The third-order valence-electron chi connectivity index (χ3n) is 3.03. The zero-order valence-electron chi connectivity index (χ0n) is 10.7. The lowest BCUT2D eigenvalue weighted by Gasteiger charge is -2.28. The summed E-state index contributed by atoms with van der Waals surface area (Å²) in [7, 11) is 0. The number of aliphatic hydroxyl groups excluding tert-OH is 1. The second-order valence-electron chi connectivity index (χ2n) is 4.46. The predicted molar refractivity (Wildman–Crippen MR) is 69.5 cm³/mol. The van der Waals surface area contributed by atoms with Crippen molar-refractivity contribution in [3.8, 4) is 0 Å². The number of nitro benzene ring substituents is 1. The molecular formula is C12H16N2O5. The second kappa shape index (κ2) is 5.66. The van der Waals surface area contributed by atoms with Crippen LogP contribution in [0.1, 0.15) is 30.6 Å². The third kappa shape index (κ3) is 3.19. The van der Waals surface area contributed by atoms with Crippen LogP contribution in [0.25, 0.3) is 0 Å². The van der Waals surface area contributed by atoms with Gasteiger partial charge in [-0.05, 0) is 19.4 Å². The van der Waals surface area contributed by atoms with Crippen molar-refractivity contribution >= 4 is 17.3 Å². The van der Waals surface area contributed by atoms with Crippen LogP contribution in [0.5, 0.6) is 0 Å². The van der Waals surface area contributed by atoms with Crippen LogP contribution in [0, 0.1) is 10.1 Å². The molecule has 0 bridgehead atoms. The number of para-hydroxylation sites is 1. The van der Waals surface area contributed by atoms with Gasteiger partial charge in [0.05, 0.1) is 22.6 Å². The molecule has 0 radical (unpaired) electrons. The van der Waals surface area contributed by atoms with Crippen molar-refractivity contribution in [2.24, 2.45) is 0 Å². The van der Waals surface area contributed by atoms with E-state index in [1.165, 1.54) is 18.2 Å². The number of carbonyl (C=O) groups is 1. The number of anilines is 1. The number of nitrogens with one attached hydrogen (secondary N) is 1. The monoisotopic (exact) mass is 268 g/mol. The van der Waals surface area contributed by atoms with Gasteiger partial charge in [0.15, 0.2) is 0 Å². The molecule has 104 valence electrons. The summed E-state index contributed by atoms with van der Waals surface area (Å²) < 4.78 is 0. The lowest BCUT2D eigenvalue weighted by Crippen LogP contribution is -2.38. The highest BCUT2D eigenvalue weighted by atomic mass is 16.6. The van der Waals surface area contributed by atoms with Crippen molar-refractivity contribution < 1.29 is 19.9 Å². The fourth-order valence-corrected chi connectivity index (χ4v) is 1.54. The zero-order chi connectivity index (χ0) is 14.6. The molecule has 0 saturated heterocycles. The highest BCUT2D eigenvalue weighted by Crippen LogP contribution is 2.31. The lowest BCUT2D eigenvalue weighted by molar-refractivity contribution is -0.384. The lowest BCUT2D eigenvalue weighted by atomic mass is 9.98. The molecular weight excluding hydrogens is 252 g/mol. The summed E-state index contributed by atoms with van der Waals surface area (Å²) in [5.41, 5.74) is -1.43. The van der Waals surface area contributed by atoms with Gasteiger partial charge in [0, 0.05) is 6.07 Å². The number of benzene rings is 1. The molecule has 0 aliphatic carbocycles. The molecule has 1 aromatic carbocycles. The van der Waals surface area contributed by atoms with E-state index in [1.54, 1.807) is 13.8 Å². The van der Waals surface area contributed by atoms with Crippen molar-refractivity contribution in [2.75, 3.05) is 11.9 Å². The van der Waals surface area contributed by atoms with Crippen molar-refractivity contribution in [1.82, 2.24) is 0 Å². The van der Waals surface area contributed by atoms with Gasteiger partial charge < -0.3 is 15.5 Å². The van der Waals surface area contributed by atoms with E-state index in [4.69, 9.17) is 5.11 Å². The molecule has 7 nitrogen and oxygen atoms in total. The van der Waals surface area contributed by atoms with E-state index in [-0.39, 0.29) is 23.5 Å². The molecule has 19 heavy (non-hydrogen) atoms. The number of nitro groups is 1. The number of nitrogens with zero attached hydrogens (tertiary/aromatic N) is 1. The molecule has 0 fully saturated rings. The average Bonchev–Trinajstić information content (AvgIpc) is 2.38. The molecule has 0 heterocycles. The van der Waals surface area contributed by atoms with Gasteiger partial charge in [-0.25, -0.2) is 4.79 Å². The SMILES string of the molecule is CCC(C)(CO)Nc1c(C(=O)O)cccc1[N+](=O)[O-]. The Hall–Kier alpha value is -2.15. The van der Waals surface area contributed by atoms with Crippen LogP contribution in [0.3, 0.4) is 0 Å². The largest absolute Gasteiger partial charge is 0.478 e. The van der Waals surface area contributed by atoms with Crippen molar-refractivity contribution in [1.29, 1.82) is 0 Å². The number of carboxylic acid groups (broad SMARTS) is 1. The van der Waals surface area contributed by atoms with E-state index in [0.29, 0.717) is 6.42 Å². The van der Waals surface area contributed by atoms with Crippen molar-refractivity contribution in [3.05, 3.63) is 33.9 Å². The smallest absolute Gasteiger partial charge is 0.338 e. The number of aromatic carboxylic acids is 1. The van der Waals surface area contributed by atoms with E-state index in [0.717, 1.165) is 0 Å². The fourth-order valence-electron chi connectivity index (χ4n) is 1.54. The summed E-state index contributed by atoms with van der Waals surface area (Å²) in [5, 5.41) is 32.2. The first-order valence-corrected chi connectivity index (χ1v) is 5.74. The van der Waals surface area contributed by atoms with Crippen molar-refractivity contribution in [3.63, 3.8) is 0 Å². The first-order chi connectivity index (χ1) is 8.84. The Bertz CT molecular complexity index is 465. The highest BCUT2D eigenvalue weighted by molar-refractivity contribution is 5.97. The molecule has 1 atom stereocenters. The minimum Gasteiger partial charge on any atom is -0.478 e. The zero-order valence-corrected chi connectivity index (χ0v) is 10.7. The van der Waals surface area contributed by atoms with Gasteiger partial charge in [-0.15, -0.1) is 0 Å². The van der Waals surface area contributed by atoms with Crippen LogP contribution < -0.4 is 5.32 Å². The molecule has 0 aromatic heterocycles. The third-order valence-corrected chi connectivity index (χ3v) is 3.03. The van der Waals surface area contributed by atoms with Gasteiger partial charge in [-0.1, -0.05) is 13.0 Å². The molecule has 0 spiro atoms. The Morgan fingerprint density at radius 1 is 1.53 bits per heavy atom. The Morgan fingerprint density at radius 2 is 2.16 bits per heavy atom. The van der Waals surface area contributed by atoms with E-state index in [1.807, 2.05) is 0 Å². The van der Waals surface area contributed by atoms with Crippen LogP contribution in [-0.2, 0) is 0 Å². The molecule has 1 rings (SSSR count). The summed E-state index contributed by atoms with van der Waals surface area (Å²) in [6, 6.07) is 3.82. The maximum atomic E-state index is 11.1. The minimum absolute atomic E-state index is 0.0848. The van der Waals surface area contributed by atoms with Gasteiger partial charge in [0.2, 0.25) is 0 Å². The van der Waals surface area contributed by atoms with E-state index >= 15 is 0 Å².